The summed E-state index contributed by atoms with van der Waals surface area (Å²) < 4.78 is 0. The minimum Gasteiger partial charge on any atom is -0.172 e. The first-order valence-electron chi connectivity index (χ1n) is 4.47. The van der Waals surface area contributed by atoms with E-state index in [0.29, 0.717) is 0 Å². The normalized spacial score (nSPS) is 34.2. The molecule has 60 valence electrons. The van der Waals surface area contributed by atoms with Crippen molar-refractivity contribution >= 4 is 28.0 Å². The quantitative estimate of drug-likeness (QED) is 0.466. The van der Waals surface area contributed by atoms with Gasteiger partial charge in [-0.1, -0.05) is 31.5 Å². The Labute approximate surface area is 71.9 Å². The molecule has 0 N–H and O–H groups in total. The SMILES string of the molecule is CCC[SiH]1CC[SiH](Cl)CC1. The van der Waals surface area contributed by atoms with Crippen LogP contribution in [-0.2, 0) is 0 Å². The molecule has 3 heteroatoms. The maximum atomic E-state index is 6.14. The van der Waals surface area contributed by atoms with Gasteiger partial charge in [0.2, 0.25) is 0 Å². The van der Waals surface area contributed by atoms with Gasteiger partial charge in [0.05, 0.1) is 0 Å². The highest BCUT2D eigenvalue weighted by Gasteiger charge is 2.20. The van der Waals surface area contributed by atoms with Gasteiger partial charge < -0.3 is 0 Å². The topological polar surface area (TPSA) is 0 Å². The molecule has 0 unspecified atom stereocenters. The fraction of sp³-hybridized carbons (Fsp3) is 1.00. The fourth-order valence-corrected chi connectivity index (χ4v) is 12.7. The standard InChI is InChI=1S/C7H17ClSi2/c1-2-3-9-4-6-10(8)7-5-9/h9-10H,2-7H2,1H3. The summed E-state index contributed by atoms with van der Waals surface area (Å²) in [5.74, 6) is 0. The Kier molecular flexibility index (Phi) is 4.03. The van der Waals surface area contributed by atoms with E-state index in [2.05, 4.69) is 6.92 Å². The number of hydrogen-bond acceptors (Lipinski definition) is 0. The van der Waals surface area contributed by atoms with Crippen LogP contribution in [0.5, 0.6) is 0 Å². The summed E-state index contributed by atoms with van der Waals surface area (Å²) in [6, 6.07) is 7.65. The molecule has 10 heavy (non-hydrogen) atoms. The van der Waals surface area contributed by atoms with Crippen molar-refractivity contribution in [3.8, 4) is 0 Å². The predicted molar refractivity (Wildman–Crippen MR) is 54.5 cm³/mol. The zero-order chi connectivity index (χ0) is 7.40. The second kappa shape index (κ2) is 4.57. The van der Waals surface area contributed by atoms with Gasteiger partial charge in [0.25, 0.3) is 0 Å². The van der Waals surface area contributed by atoms with E-state index in [9.17, 15) is 0 Å². The Morgan fingerprint density at radius 1 is 1.20 bits per heavy atom. The third kappa shape index (κ3) is 2.76. The summed E-state index contributed by atoms with van der Waals surface area (Å²) in [6.45, 7) is 2.32. The maximum absolute atomic E-state index is 6.14. The summed E-state index contributed by atoms with van der Waals surface area (Å²) in [6.07, 6.45) is 1.42. The highest BCUT2D eigenvalue weighted by molar-refractivity contribution is 7.08. The van der Waals surface area contributed by atoms with E-state index in [1.165, 1.54) is 18.5 Å². The first kappa shape index (κ1) is 8.82. The van der Waals surface area contributed by atoms with Gasteiger partial charge in [-0.25, -0.2) is 0 Å². The molecule has 1 heterocycles. The summed E-state index contributed by atoms with van der Waals surface area (Å²) in [5, 5.41) is 0. The van der Waals surface area contributed by atoms with Crippen molar-refractivity contribution in [3.63, 3.8) is 0 Å². The third-order valence-corrected chi connectivity index (χ3v) is 10.7. The summed E-state index contributed by atoms with van der Waals surface area (Å²) in [5.41, 5.74) is 0. The van der Waals surface area contributed by atoms with Gasteiger partial charge in [-0.05, 0) is 12.1 Å². The van der Waals surface area contributed by atoms with Gasteiger partial charge in [-0.15, -0.1) is 0 Å². The van der Waals surface area contributed by atoms with Crippen LogP contribution in [0.25, 0.3) is 0 Å². The van der Waals surface area contributed by atoms with E-state index in [1.807, 2.05) is 0 Å². The molecule has 1 rings (SSSR count). The van der Waals surface area contributed by atoms with Crippen LogP contribution >= 0.6 is 11.1 Å². The summed E-state index contributed by atoms with van der Waals surface area (Å²) in [4.78, 5) is 0. The Morgan fingerprint density at radius 2 is 1.80 bits per heavy atom. The van der Waals surface area contributed by atoms with Crippen LogP contribution in [0, 0.1) is 0 Å². The van der Waals surface area contributed by atoms with Gasteiger partial charge in [0.15, 0.2) is 0 Å². The fourth-order valence-electron chi connectivity index (χ4n) is 1.82. The van der Waals surface area contributed by atoms with E-state index >= 15 is 0 Å². The molecular weight excluding hydrogens is 176 g/mol. The maximum Gasteiger partial charge on any atom is 0.140 e. The highest BCUT2D eigenvalue weighted by Crippen LogP contribution is 2.25. The van der Waals surface area contributed by atoms with Gasteiger partial charge in [-0.2, -0.15) is 11.1 Å². The molecular formula is C7H17ClSi2. The molecule has 0 atom stereocenters. The molecule has 0 saturated carbocycles. The second-order valence-corrected chi connectivity index (χ2v) is 11.1. The van der Waals surface area contributed by atoms with Crippen LogP contribution in [0.2, 0.25) is 30.2 Å². The minimum atomic E-state index is -0.651. The van der Waals surface area contributed by atoms with E-state index in [0.717, 1.165) is 0 Å². The number of rotatable bonds is 2. The highest BCUT2D eigenvalue weighted by atomic mass is 35.6. The van der Waals surface area contributed by atoms with Crippen molar-refractivity contribution in [1.82, 2.24) is 0 Å². The second-order valence-electron chi connectivity index (χ2n) is 3.41. The average molecular weight is 193 g/mol. The molecule has 0 nitrogen and oxygen atoms in total. The Hall–Kier alpha value is 0.724. The molecule has 1 aliphatic rings. The predicted octanol–water partition coefficient (Wildman–Crippen LogP) is 2.60. The molecule has 0 spiro atoms. The van der Waals surface area contributed by atoms with Crippen LogP contribution in [0.3, 0.4) is 0 Å². The van der Waals surface area contributed by atoms with Crippen molar-refractivity contribution in [3.05, 3.63) is 0 Å². The van der Waals surface area contributed by atoms with Gasteiger partial charge in [-0.3, -0.25) is 0 Å². The lowest BCUT2D eigenvalue weighted by molar-refractivity contribution is 1.03. The average Bonchev–Trinajstić information content (AvgIpc) is 1.95. The lowest BCUT2D eigenvalue weighted by atomic mass is 10.6. The zero-order valence-corrected chi connectivity index (χ0v) is 9.84. The largest absolute Gasteiger partial charge is 0.172 e. The van der Waals surface area contributed by atoms with Crippen molar-refractivity contribution in [2.24, 2.45) is 0 Å². The molecule has 0 aromatic carbocycles. The van der Waals surface area contributed by atoms with Crippen molar-refractivity contribution < 1.29 is 0 Å². The van der Waals surface area contributed by atoms with E-state index in [1.54, 1.807) is 18.1 Å². The number of hydrogen-bond donors (Lipinski definition) is 0. The third-order valence-electron chi connectivity index (χ3n) is 2.47. The van der Waals surface area contributed by atoms with E-state index in [-0.39, 0.29) is 8.80 Å². The molecule has 1 saturated heterocycles. The Balaban J connectivity index is 2.13. The minimum absolute atomic E-state index is 0.214. The smallest absolute Gasteiger partial charge is 0.140 e. The Morgan fingerprint density at radius 3 is 2.30 bits per heavy atom. The van der Waals surface area contributed by atoms with Gasteiger partial charge >= 0.3 is 0 Å². The number of halogens is 1. The van der Waals surface area contributed by atoms with Gasteiger partial charge in [0.1, 0.15) is 8.11 Å². The first-order valence-corrected chi connectivity index (χ1v) is 10.3. The van der Waals surface area contributed by atoms with E-state index in [4.69, 9.17) is 11.1 Å². The monoisotopic (exact) mass is 192 g/mol. The van der Waals surface area contributed by atoms with Crippen molar-refractivity contribution in [2.75, 3.05) is 0 Å². The molecule has 0 amide bonds. The molecule has 1 fully saturated rings. The molecule has 0 aliphatic carbocycles. The van der Waals surface area contributed by atoms with Crippen LogP contribution in [0.1, 0.15) is 13.3 Å². The van der Waals surface area contributed by atoms with Crippen LogP contribution in [0.15, 0.2) is 0 Å². The van der Waals surface area contributed by atoms with Crippen molar-refractivity contribution in [1.29, 1.82) is 0 Å². The zero-order valence-electron chi connectivity index (χ0n) is 6.78. The molecule has 0 aromatic rings. The molecule has 0 radical (unpaired) electrons. The Bertz CT molecular complexity index is 89.6. The van der Waals surface area contributed by atoms with Crippen LogP contribution < -0.4 is 0 Å². The summed E-state index contributed by atoms with van der Waals surface area (Å²) in [7, 11) is -0.865. The lowest BCUT2D eigenvalue weighted by Crippen LogP contribution is -2.22. The lowest BCUT2D eigenvalue weighted by Gasteiger charge is -2.21. The molecule has 0 bridgehead atoms. The van der Waals surface area contributed by atoms with Crippen molar-refractivity contribution in [2.45, 2.75) is 43.6 Å². The van der Waals surface area contributed by atoms with Gasteiger partial charge in [0, 0.05) is 8.80 Å². The molecule has 0 aromatic heterocycles. The first-order chi connectivity index (χ1) is 4.83. The van der Waals surface area contributed by atoms with Crippen LogP contribution in [-0.4, -0.2) is 16.9 Å². The van der Waals surface area contributed by atoms with E-state index < -0.39 is 8.11 Å². The summed E-state index contributed by atoms with van der Waals surface area (Å²) >= 11 is 6.14. The molecule has 1 aliphatic heterocycles. The van der Waals surface area contributed by atoms with Crippen LogP contribution in [0.4, 0.5) is 0 Å².